The van der Waals surface area contributed by atoms with Crippen molar-refractivity contribution in [3.8, 4) is 0 Å². The minimum absolute atomic E-state index is 0.114. The SMILES string of the molecule is CC(N)c1ccc(N(C(=O)OC(C)(C)C)C(=O)OC(C)(C)C)nc1. The highest BCUT2D eigenvalue weighted by Crippen LogP contribution is 2.21. The number of nitrogens with two attached hydrogens (primary N) is 1. The molecule has 7 nitrogen and oxygen atoms in total. The number of ether oxygens (including phenoxy) is 2. The lowest BCUT2D eigenvalue weighted by Gasteiger charge is -2.28. The third-order valence-electron chi connectivity index (χ3n) is 2.68. The van der Waals surface area contributed by atoms with Gasteiger partial charge in [0.25, 0.3) is 0 Å². The predicted octanol–water partition coefficient (Wildman–Crippen LogP) is 3.78. The fraction of sp³-hybridized carbons (Fsp3) is 0.588. The minimum Gasteiger partial charge on any atom is -0.443 e. The number of amides is 2. The number of carbonyl (C=O) groups excluding carboxylic acids is 2. The second-order valence-electron chi connectivity index (χ2n) is 7.53. The molecule has 1 heterocycles. The van der Waals surface area contributed by atoms with Gasteiger partial charge < -0.3 is 15.2 Å². The Kier molecular flexibility index (Phi) is 5.94. The molecule has 0 saturated heterocycles. The molecule has 2 amide bonds. The van der Waals surface area contributed by atoms with E-state index in [9.17, 15) is 9.59 Å². The summed E-state index contributed by atoms with van der Waals surface area (Å²) in [5, 5.41) is 0. The predicted molar refractivity (Wildman–Crippen MR) is 91.8 cm³/mol. The zero-order valence-electron chi connectivity index (χ0n) is 15.4. The average molecular weight is 337 g/mol. The standard InChI is InChI=1S/C17H27N3O4/c1-11(18)12-8-9-13(19-10-12)20(14(21)23-16(2,3)4)15(22)24-17(5,6)7/h8-11H,18H2,1-7H3. The number of imide groups is 1. The normalized spacial score (nSPS) is 13.2. The van der Waals surface area contributed by atoms with Crippen LogP contribution >= 0.6 is 0 Å². The van der Waals surface area contributed by atoms with E-state index in [0.717, 1.165) is 10.5 Å². The van der Waals surface area contributed by atoms with Crippen LogP contribution in [0.4, 0.5) is 15.4 Å². The maximum atomic E-state index is 12.4. The van der Waals surface area contributed by atoms with Crippen LogP contribution < -0.4 is 10.6 Å². The van der Waals surface area contributed by atoms with Gasteiger partial charge in [0, 0.05) is 12.2 Å². The van der Waals surface area contributed by atoms with Gasteiger partial charge in [-0.2, -0.15) is 4.90 Å². The molecule has 1 unspecified atom stereocenters. The van der Waals surface area contributed by atoms with Crippen molar-refractivity contribution in [3.05, 3.63) is 23.9 Å². The number of pyridine rings is 1. The molecule has 0 fully saturated rings. The van der Waals surface area contributed by atoms with Crippen molar-refractivity contribution in [2.45, 2.75) is 65.7 Å². The van der Waals surface area contributed by atoms with Crippen molar-refractivity contribution in [2.24, 2.45) is 5.73 Å². The summed E-state index contributed by atoms with van der Waals surface area (Å²) in [5.74, 6) is 0.114. The van der Waals surface area contributed by atoms with E-state index in [4.69, 9.17) is 15.2 Å². The topological polar surface area (TPSA) is 94.8 Å². The molecule has 7 heteroatoms. The van der Waals surface area contributed by atoms with Crippen LogP contribution in [0.5, 0.6) is 0 Å². The Labute approximate surface area is 143 Å². The Bertz CT molecular complexity index is 555. The van der Waals surface area contributed by atoms with Crippen LogP contribution in [0.25, 0.3) is 0 Å². The molecule has 0 aromatic carbocycles. The molecule has 24 heavy (non-hydrogen) atoms. The molecule has 1 aromatic heterocycles. The average Bonchev–Trinajstić information content (AvgIpc) is 2.34. The van der Waals surface area contributed by atoms with E-state index in [-0.39, 0.29) is 11.9 Å². The number of nitrogens with zero attached hydrogens (tertiary/aromatic N) is 2. The lowest BCUT2D eigenvalue weighted by Crippen LogP contribution is -2.44. The van der Waals surface area contributed by atoms with Crippen molar-refractivity contribution in [2.75, 3.05) is 4.90 Å². The fourth-order valence-corrected chi connectivity index (χ4v) is 1.68. The second-order valence-corrected chi connectivity index (χ2v) is 7.53. The van der Waals surface area contributed by atoms with Gasteiger partial charge in [0.15, 0.2) is 0 Å². The Morgan fingerprint density at radius 1 is 1.04 bits per heavy atom. The summed E-state index contributed by atoms with van der Waals surface area (Å²) in [6.07, 6.45) is -0.183. The van der Waals surface area contributed by atoms with E-state index in [1.807, 2.05) is 6.92 Å². The molecule has 0 spiro atoms. The van der Waals surface area contributed by atoms with Crippen LogP contribution in [0.15, 0.2) is 18.3 Å². The van der Waals surface area contributed by atoms with Gasteiger partial charge in [-0.15, -0.1) is 0 Å². The van der Waals surface area contributed by atoms with Gasteiger partial charge in [-0.1, -0.05) is 6.07 Å². The van der Waals surface area contributed by atoms with Crippen LogP contribution in [-0.2, 0) is 9.47 Å². The van der Waals surface area contributed by atoms with Crippen molar-refractivity contribution in [1.29, 1.82) is 0 Å². The fourth-order valence-electron chi connectivity index (χ4n) is 1.68. The maximum absolute atomic E-state index is 12.4. The smallest absolute Gasteiger partial charge is 0.425 e. The van der Waals surface area contributed by atoms with E-state index in [1.54, 1.807) is 47.6 Å². The van der Waals surface area contributed by atoms with Crippen LogP contribution in [-0.4, -0.2) is 28.4 Å². The first-order valence-corrected chi connectivity index (χ1v) is 7.78. The van der Waals surface area contributed by atoms with Gasteiger partial charge in [-0.3, -0.25) is 0 Å². The summed E-state index contributed by atoms with van der Waals surface area (Å²) in [4.78, 5) is 29.8. The molecule has 0 aliphatic heterocycles. The number of hydrogen-bond donors (Lipinski definition) is 1. The van der Waals surface area contributed by atoms with Gasteiger partial charge >= 0.3 is 12.2 Å². The number of anilines is 1. The van der Waals surface area contributed by atoms with Gasteiger partial charge in [-0.05, 0) is 60.1 Å². The molecule has 0 bridgehead atoms. The van der Waals surface area contributed by atoms with Gasteiger partial charge in [0.2, 0.25) is 0 Å². The Hall–Kier alpha value is -2.15. The Morgan fingerprint density at radius 2 is 1.50 bits per heavy atom. The van der Waals surface area contributed by atoms with Gasteiger partial charge in [0.05, 0.1) is 0 Å². The van der Waals surface area contributed by atoms with E-state index >= 15 is 0 Å². The number of rotatable bonds is 2. The van der Waals surface area contributed by atoms with E-state index < -0.39 is 23.4 Å². The highest BCUT2D eigenvalue weighted by molar-refractivity contribution is 6.08. The molecule has 0 aliphatic rings. The van der Waals surface area contributed by atoms with Gasteiger partial charge in [0.1, 0.15) is 17.0 Å². The number of carbonyl (C=O) groups is 2. The first-order valence-electron chi connectivity index (χ1n) is 7.78. The highest BCUT2D eigenvalue weighted by atomic mass is 16.6. The lowest BCUT2D eigenvalue weighted by molar-refractivity contribution is 0.0429. The zero-order valence-corrected chi connectivity index (χ0v) is 15.4. The van der Waals surface area contributed by atoms with Crippen LogP contribution in [0.2, 0.25) is 0 Å². The molecule has 0 saturated carbocycles. The lowest BCUT2D eigenvalue weighted by atomic mass is 10.1. The summed E-state index contributed by atoms with van der Waals surface area (Å²) < 4.78 is 10.6. The third-order valence-corrected chi connectivity index (χ3v) is 2.68. The molecule has 0 radical (unpaired) electrons. The minimum atomic E-state index is -0.849. The monoisotopic (exact) mass is 337 g/mol. The molecule has 0 aliphatic carbocycles. The molecule has 1 rings (SSSR count). The summed E-state index contributed by atoms with van der Waals surface area (Å²) >= 11 is 0. The van der Waals surface area contributed by atoms with Crippen LogP contribution in [0, 0.1) is 0 Å². The number of hydrogen-bond acceptors (Lipinski definition) is 6. The molecule has 1 atom stereocenters. The molecule has 1 aromatic rings. The van der Waals surface area contributed by atoms with Crippen molar-refractivity contribution in [1.82, 2.24) is 4.98 Å². The van der Waals surface area contributed by atoms with Crippen molar-refractivity contribution >= 4 is 18.0 Å². The third kappa shape index (κ3) is 6.16. The van der Waals surface area contributed by atoms with Crippen LogP contribution in [0.1, 0.15) is 60.1 Å². The maximum Gasteiger partial charge on any atom is 0.425 e. The Balaban J connectivity index is 3.17. The van der Waals surface area contributed by atoms with Crippen LogP contribution in [0.3, 0.4) is 0 Å². The van der Waals surface area contributed by atoms with E-state index in [0.29, 0.717) is 0 Å². The second kappa shape index (κ2) is 7.17. The first kappa shape index (κ1) is 19.9. The first-order chi connectivity index (χ1) is 10.8. The highest BCUT2D eigenvalue weighted by Gasteiger charge is 2.33. The molecular weight excluding hydrogens is 310 g/mol. The van der Waals surface area contributed by atoms with Crippen molar-refractivity contribution in [3.63, 3.8) is 0 Å². The summed E-state index contributed by atoms with van der Waals surface area (Å²) in [5.41, 5.74) is 5.05. The molecular formula is C17H27N3O4. The van der Waals surface area contributed by atoms with E-state index in [1.165, 1.54) is 12.3 Å². The molecule has 2 N–H and O–H groups in total. The number of aromatic nitrogens is 1. The largest absolute Gasteiger partial charge is 0.443 e. The molecule has 134 valence electrons. The quantitative estimate of drug-likeness (QED) is 0.882. The van der Waals surface area contributed by atoms with Gasteiger partial charge in [-0.25, -0.2) is 14.6 Å². The van der Waals surface area contributed by atoms with Crippen molar-refractivity contribution < 1.29 is 19.1 Å². The Morgan fingerprint density at radius 3 is 1.79 bits per heavy atom. The summed E-state index contributed by atoms with van der Waals surface area (Å²) in [6.45, 7) is 12.1. The zero-order chi connectivity index (χ0) is 18.7. The summed E-state index contributed by atoms with van der Waals surface area (Å²) in [6, 6.07) is 3.03. The van der Waals surface area contributed by atoms with E-state index in [2.05, 4.69) is 4.98 Å². The summed E-state index contributed by atoms with van der Waals surface area (Å²) in [7, 11) is 0.